The molecule has 2 unspecified atom stereocenters. The van der Waals surface area contributed by atoms with Crippen LogP contribution in [-0.4, -0.2) is 12.2 Å². The van der Waals surface area contributed by atoms with Crippen LogP contribution in [0.3, 0.4) is 0 Å². The summed E-state index contributed by atoms with van der Waals surface area (Å²) in [5, 5.41) is 0. The molecule has 0 spiro atoms. The minimum Gasteiger partial charge on any atom is -0.374 e. The van der Waals surface area contributed by atoms with Crippen molar-refractivity contribution in [2.24, 2.45) is 11.8 Å². The summed E-state index contributed by atoms with van der Waals surface area (Å²) in [6.45, 7) is 18.0. The highest BCUT2D eigenvalue weighted by Gasteiger charge is 2.39. The molecule has 1 heterocycles. The molecule has 0 aromatic carbocycles. The van der Waals surface area contributed by atoms with Crippen molar-refractivity contribution in [3.63, 3.8) is 0 Å². The van der Waals surface area contributed by atoms with Gasteiger partial charge in [0.1, 0.15) is 0 Å². The summed E-state index contributed by atoms with van der Waals surface area (Å²) in [5.41, 5.74) is 0.208. The standard InChI is InChI=1S/C10H20O.2C2H6/c1-5-10(8(2)3)6-9(4)7-11-10;2*1-2/h8-9H,5-7H2,1-4H3;2*1-2H3. The Morgan fingerprint density at radius 1 is 1.20 bits per heavy atom. The molecule has 1 nitrogen and oxygen atoms in total. The second-order valence-corrected chi connectivity index (χ2v) is 4.19. The Labute approximate surface area is 97.6 Å². The Morgan fingerprint density at radius 2 is 1.67 bits per heavy atom. The van der Waals surface area contributed by atoms with Crippen molar-refractivity contribution < 1.29 is 4.74 Å². The van der Waals surface area contributed by atoms with Crippen LogP contribution < -0.4 is 0 Å². The monoisotopic (exact) mass is 216 g/mol. The van der Waals surface area contributed by atoms with Gasteiger partial charge >= 0.3 is 0 Å². The molecule has 1 fully saturated rings. The van der Waals surface area contributed by atoms with Gasteiger partial charge in [0.15, 0.2) is 0 Å². The summed E-state index contributed by atoms with van der Waals surface area (Å²) in [4.78, 5) is 0. The van der Waals surface area contributed by atoms with Crippen LogP contribution in [0.1, 0.15) is 68.2 Å². The van der Waals surface area contributed by atoms with E-state index in [9.17, 15) is 0 Å². The molecule has 0 N–H and O–H groups in total. The maximum absolute atomic E-state index is 5.86. The van der Waals surface area contributed by atoms with E-state index in [-0.39, 0.29) is 5.60 Å². The predicted octanol–water partition coefficient (Wildman–Crippen LogP) is 4.90. The minimum absolute atomic E-state index is 0.208. The quantitative estimate of drug-likeness (QED) is 0.638. The van der Waals surface area contributed by atoms with E-state index in [1.807, 2.05) is 27.7 Å². The van der Waals surface area contributed by atoms with Gasteiger partial charge < -0.3 is 4.74 Å². The molecular weight excluding hydrogens is 184 g/mol. The molecule has 1 rings (SSSR count). The van der Waals surface area contributed by atoms with E-state index in [4.69, 9.17) is 4.74 Å². The SMILES string of the molecule is CC.CC.CCC1(C(C)C)CC(C)CO1. The molecule has 15 heavy (non-hydrogen) atoms. The molecule has 0 amide bonds. The maximum atomic E-state index is 5.86. The Kier molecular flexibility index (Phi) is 10.7. The smallest absolute Gasteiger partial charge is 0.0706 e. The second kappa shape index (κ2) is 9.21. The van der Waals surface area contributed by atoms with E-state index >= 15 is 0 Å². The van der Waals surface area contributed by atoms with E-state index in [2.05, 4.69) is 27.7 Å². The summed E-state index contributed by atoms with van der Waals surface area (Å²) >= 11 is 0. The molecule has 1 heteroatoms. The third kappa shape index (κ3) is 5.01. The lowest BCUT2D eigenvalue weighted by molar-refractivity contribution is -0.0361. The van der Waals surface area contributed by atoms with Crippen LogP contribution in [0.4, 0.5) is 0 Å². The predicted molar refractivity (Wildman–Crippen MR) is 70.3 cm³/mol. The zero-order chi connectivity index (χ0) is 12.5. The number of ether oxygens (including phenoxy) is 1. The van der Waals surface area contributed by atoms with Gasteiger partial charge in [-0.1, -0.05) is 55.4 Å². The van der Waals surface area contributed by atoms with Gasteiger partial charge in [0.05, 0.1) is 5.60 Å². The van der Waals surface area contributed by atoms with E-state index < -0.39 is 0 Å². The molecule has 2 atom stereocenters. The first-order valence-electron chi connectivity index (χ1n) is 6.74. The van der Waals surface area contributed by atoms with Crippen LogP contribution >= 0.6 is 0 Å². The third-order valence-electron chi connectivity index (χ3n) is 3.00. The fourth-order valence-electron chi connectivity index (χ4n) is 2.07. The van der Waals surface area contributed by atoms with Gasteiger partial charge in [0.2, 0.25) is 0 Å². The van der Waals surface area contributed by atoms with Crippen LogP contribution in [0.5, 0.6) is 0 Å². The average Bonchev–Trinajstić information content (AvgIpc) is 2.67. The van der Waals surface area contributed by atoms with Gasteiger partial charge in [0.25, 0.3) is 0 Å². The van der Waals surface area contributed by atoms with Crippen molar-refractivity contribution in [2.75, 3.05) is 6.61 Å². The largest absolute Gasteiger partial charge is 0.374 e. The van der Waals surface area contributed by atoms with Crippen molar-refractivity contribution in [3.8, 4) is 0 Å². The van der Waals surface area contributed by atoms with Crippen LogP contribution in [0.2, 0.25) is 0 Å². The van der Waals surface area contributed by atoms with Gasteiger partial charge in [-0.2, -0.15) is 0 Å². The van der Waals surface area contributed by atoms with Crippen LogP contribution in [0.25, 0.3) is 0 Å². The van der Waals surface area contributed by atoms with Crippen molar-refractivity contribution in [1.82, 2.24) is 0 Å². The van der Waals surface area contributed by atoms with Crippen LogP contribution in [-0.2, 0) is 4.74 Å². The third-order valence-corrected chi connectivity index (χ3v) is 3.00. The van der Waals surface area contributed by atoms with Gasteiger partial charge in [0, 0.05) is 6.61 Å². The summed E-state index contributed by atoms with van der Waals surface area (Å²) in [6.07, 6.45) is 2.41. The van der Waals surface area contributed by atoms with Crippen molar-refractivity contribution in [3.05, 3.63) is 0 Å². The van der Waals surface area contributed by atoms with Crippen LogP contribution in [0.15, 0.2) is 0 Å². The molecule has 0 bridgehead atoms. The Bertz CT molecular complexity index is 131. The Morgan fingerprint density at radius 3 is 1.80 bits per heavy atom. The molecule has 0 aromatic heterocycles. The lowest BCUT2D eigenvalue weighted by atomic mass is 9.83. The molecule has 94 valence electrons. The maximum Gasteiger partial charge on any atom is 0.0706 e. The topological polar surface area (TPSA) is 9.23 Å². The highest BCUT2D eigenvalue weighted by atomic mass is 16.5. The zero-order valence-corrected chi connectivity index (χ0v) is 12.2. The first-order valence-corrected chi connectivity index (χ1v) is 6.74. The van der Waals surface area contributed by atoms with Gasteiger partial charge in [-0.25, -0.2) is 0 Å². The minimum atomic E-state index is 0.208. The summed E-state index contributed by atoms with van der Waals surface area (Å²) in [5.74, 6) is 1.43. The molecular formula is C14H32O. The molecule has 1 aliphatic heterocycles. The molecule has 1 saturated heterocycles. The van der Waals surface area contributed by atoms with Crippen LogP contribution in [0, 0.1) is 11.8 Å². The molecule has 0 radical (unpaired) electrons. The summed E-state index contributed by atoms with van der Waals surface area (Å²) < 4.78 is 5.86. The first-order chi connectivity index (χ1) is 7.10. The summed E-state index contributed by atoms with van der Waals surface area (Å²) in [6, 6.07) is 0. The fourth-order valence-corrected chi connectivity index (χ4v) is 2.07. The van der Waals surface area contributed by atoms with Crippen molar-refractivity contribution in [1.29, 1.82) is 0 Å². The average molecular weight is 216 g/mol. The molecule has 1 aliphatic rings. The van der Waals surface area contributed by atoms with Gasteiger partial charge in [-0.05, 0) is 24.7 Å². The van der Waals surface area contributed by atoms with Crippen molar-refractivity contribution in [2.45, 2.75) is 73.8 Å². The first kappa shape index (κ1) is 17.4. The van der Waals surface area contributed by atoms with E-state index in [0.717, 1.165) is 18.9 Å². The Hall–Kier alpha value is -0.0400. The molecule has 0 saturated carbocycles. The number of hydrogen-bond donors (Lipinski definition) is 0. The highest BCUT2D eigenvalue weighted by Crippen LogP contribution is 2.38. The molecule has 0 aromatic rings. The lowest BCUT2D eigenvalue weighted by Gasteiger charge is -2.31. The normalized spacial score (nSPS) is 29.0. The van der Waals surface area contributed by atoms with Crippen molar-refractivity contribution >= 4 is 0 Å². The second-order valence-electron chi connectivity index (χ2n) is 4.19. The highest BCUT2D eigenvalue weighted by molar-refractivity contribution is 4.89. The van der Waals surface area contributed by atoms with E-state index in [0.29, 0.717) is 5.92 Å². The number of rotatable bonds is 2. The number of hydrogen-bond acceptors (Lipinski definition) is 1. The van der Waals surface area contributed by atoms with E-state index in [1.165, 1.54) is 6.42 Å². The zero-order valence-electron chi connectivity index (χ0n) is 12.2. The van der Waals surface area contributed by atoms with Gasteiger partial charge in [-0.15, -0.1) is 0 Å². The summed E-state index contributed by atoms with van der Waals surface area (Å²) in [7, 11) is 0. The van der Waals surface area contributed by atoms with E-state index in [1.54, 1.807) is 0 Å². The fraction of sp³-hybridized carbons (Fsp3) is 1.00. The lowest BCUT2D eigenvalue weighted by Crippen LogP contribution is -2.33. The Balaban J connectivity index is 0. The molecule has 0 aliphatic carbocycles. The van der Waals surface area contributed by atoms with Gasteiger partial charge in [-0.3, -0.25) is 0 Å².